The molecule has 0 spiro atoms. The van der Waals surface area contributed by atoms with Gasteiger partial charge in [0.15, 0.2) is 0 Å². The number of hydrogen-bond acceptors (Lipinski definition) is 4. The zero-order valence-corrected chi connectivity index (χ0v) is 11.6. The number of para-hydroxylation sites is 1. The molecule has 1 saturated heterocycles. The molecule has 1 aliphatic heterocycles. The summed E-state index contributed by atoms with van der Waals surface area (Å²) in [4.78, 5) is 4.94. The Bertz CT molecular complexity index is 345. The minimum Gasteiger partial charge on any atom is -0.492 e. The molecule has 1 aromatic carbocycles. The molecule has 2 rings (SSSR count). The number of rotatable bonds is 6. The zero-order chi connectivity index (χ0) is 13.3. The molecule has 1 heterocycles. The Morgan fingerprint density at radius 2 is 1.63 bits per heavy atom. The van der Waals surface area contributed by atoms with Crippen LogP contribution in [0.4, 0.5) is 0 Å². The van der Waals surface area contributed by atoms with Crippen molar-refractivity contribution in [3.63, 3.8) is 0 Å². The summed E-state index contributed by atoms with van der Waals surface area (Å²) in [6, 6.07) is 10.0. The van der Waals surface area contributed by atoms with E-state index in [0.717, 1.165) is 45.1 Å². The zero-order valence-electron chi connectivity index (χ0n) is 11.6. The van der Waals surface area contributed by atoms with Crippen molar-refractivity contribution in [3.8, 4) is 5.75 Å². The van der Waals surface area contributed by atoms with Crippen LogP contribution in [-0.2, 0) is 0 Å². The predicted octanol–water partition coefficient (Wildman–Crippen LogP) is 1.03. The molecule has 1 aromatic rings. The molecule has 4 nitrogen and oxygen atoms in total. The van der Waals surface area contributed by atoms with Gasteiger partial charge < -0.3 is 15.4 Å². The maximum atomic E-state index is 5.75. The number of nitrogens with two attached hydrogens (primary N) is 1. The highest BCUT2D eigenvalue weighted by molar-refractivity contribution is 5.20. The summed E-state index contributed by atoms with van der Waals surface area (Å²) in [6.45, 7) is 8.14. The van der Waals surface area contributed by atoms with E-state index in [-0.39, 0.29) is 0 Å². The highest BCUT2D eigenvalue weighted by Gasteiger charge is 2.13. The van der Waals surface area contributed by atoms with Gasteiger partial charge >= 0.3 is 0 Å². The van der Waals surface area contributed by atoms with Crippen molar-refractivity contribution in [1.29, 1.82) is 0 Å². The van der Waals surface area contributed by atoms with Gasteiger partial charge in [-0.3, -0.25) is 4.90 Å². The first-order valence-electron chi connectivity index (χ1n) is 7.21. The summed E-state index contributed by atoms with van der Waals surface area (Å²) in [7, 11) is 0. The third-order valence-electron chi connectivity index (χ3n) is 3.55. The fourth-order valence-corrected chi connectivity index (χ4v) is 2.46. The molecule has 2 N–H and O–H groups in total. The van der Waals surface area contributed by atoms with Gasteiger partial charge in [0, 0.05) is 32.7 Å². The largest absolute Gasteiger partial charge is 0.492 e. The average molecular weight is 263 g/mol. The van der Waals surface area contributed by atoms with Crippen LogP contribution in [0.25, 0.3) is 0 Å². The first kappa shape index (κ1) is 14.3. The summed E-state index contributed by atoms with van der Waals surface area (Å²) in [5.74, 6) is 0.960. The van der Waals surface area contributed by atoms with Crippen LogP contribution < -0.4 is 10.5 Å². The van der Waals surface area contributed by atoms with Crippen LogP contribution in [0.1, 0.15) is 6.42 Å². The number of nitrogens with zero attached hydrogens (tertiary/aromatic N) is 2. The second kappa shape index (κ2) is 8.15. The molecule has 4 heteroatoms. The van der Waals surface area contributed by atoms with E-state index in [2.05, 4.69) is 9.80 Å². The Morgan fingerprint density at radius 3 is 2.32 bits per heavy atom. The normalized spacial score (nSPS) is 18.2. The number of ether oxygens (including phenoxy) is 1. The van der Waals surface area contributed by atoms with E-state index in [1.54, 1.807) is 0 Å². The summed E-state index contributed by atoms with van der Waals surface area (Å²) in [5.41, 5.74) is 5.61. The first-order chi connectivity index (χ1) is 9.38. The molecule has 0 amide bonds. The molecule has 0 aliphatic carbocycles. The maximum absolute atomic E-state index is 5.75. The number of benzene rings is 1. The lowest BCUT2D eigenvalue weighted by molar-refractivity contribution is 0.209. The molecule has 0 aromatic heterocycles. The molecular formula is C15H25N3O. The minimum absolute atomic E-state index is 0.761. The maximum Gasteiger partial charge on any atom is 0.119 e. The van der Waals surface area contributed by atoms with Crippen LogP contribution in [0.5, 0.6) is 5.75 Å². The van der Waals surface area contributed by atoms with Crippen molar-refractivity contribution in [1.82, 2.24) is 9.80 Å². The van der Waals surface area contributed by atoms with Crippen molar-refractivity contribution >= 4 is 0 Å². The highest BCUT2D eigenvalue weighted by Crippen LogP contribution is 2.08. The lowest BCUT2D eigenvalue weighted by Gasteiger charge is -2.21. The molecule has 0 atom stereocenters. The third kappa shape index (κ3) is 5.19. The van der Waals surface area contributed by atoms with Gasteiger partial charge in [-0.1, -0.05) is 18.2 Å². The van der Waals surface area contributed by atoms with Gasteiger partial charge in [0.25, 0.3) is 0 Å². The Labute approximate surface area is 116 Å². The molecule has 0 radical (unpaired) electrons. The van der Waals surface area contributed by atoms with E-state index in [0.29, 0.717) is 0 Å². The van der Waals surface area contributed by atoms with E-state index >= 15 is 0 Å². The van der Waals surface area contributed by atoms with E-state index in [4.69, 9.17) is 10.5 Å². The molecule has 1 fully saturated rings. The second-order valence-corrected chi connectivity index (χ2v) is 4.99. The molecule has 1 aliphatic rings. The molecule has 0 saturated carbocycles. The highest BCUT2D eigenvalue weighted by atomic mass is 16.5. The topological polar surface area (TPSA) is 41.7 Å². The smallest absolute Gasteiger partial charge is 0.119 e. The summed E-state index contributed by atoms with van der Waals surface area (Å²) in [6.07, 6.45) is 1.23. The lowest BCUT2D eigenvalue weighted by atomic mass is 10.3. The molecular weight excluding hydrogens is 238 g/mol. The average Bonchev–Trinajstić information content (AvgIpc) is 2.66. The van der Waals surface area contributed by atoms with Gasteiger partial charge in [0.1, 0.15) is 12.4 Å². The molecule has 0 unspecified atom stereocenters. The van der Waals surface area contributed by atoms with Crippen molar-refractivity contribution in [2.24, 2.45) is 5.73 Å². The van der Waals surface area contributed by atoms with Gasteiger partial charge in [-0.15, -0.1) is 0 Å². The quantitative estimate of drug-likeness (QED) is 0.832. The van der Waals surface area contributed by atoms with Crippen molar-refractivity contribution in [3.05, 3.63) is 30.3 Å². The predicted molar refractivity (Wildman–Crippen MR) is 78.5 cm³/mol. The number of hydrogen-bond donors (Lipinski definition) is 1. The van der Waals surface area contributed by atoms with Crippen LogP contribution in [0.3, 0.4) is 0 Å². The molecule has 106 valence electrons. The molecule has 19 heavy (non-hydrogen) atoms. The SMILES string of the molecule is NCCN1CCCN(CCOc2ccccc2)CC1. The van der Waals surface area contributed by atoms with Gasteiger partial charge in [-0.2, -0.15) is 0 Å². The van der Waals surface area contributed by atoms with E-state index in [1.165, 1.54) is 19.5 Å². The third-order valence-corrected chi connectivity index (χ3v) is 3.55. The van der Waals surface area contributed by atoms with Gasteiger partial charge in [0.2, 0.25) is 0 Å². The van der Waals surface area contributed by atoms with E-state index in [1.807, 2.05) is 30.3 Å². The fourth-order valence-electron chi connectivity index (χ4n) is 2.46. The first-order valence-corrected chi connectivity index (χ1v) is 7.21. The fraction of sp³-hybridized carbons (Fsp3) is 0.600. The summed E-state index contributed by atoms with van der Waals surface area (Å²) in [5, 5.41) is 0. The Hall–Kier alpha value is -1.10. The van der Waals surface area contributed by atoms with Gasteiger partial charge in [-0.25, -0.2) is 0 Å². The second-order valence-electron chi connectivity index (χ2n) is 4.99. The standard InChI is InChI=1S/C15H25N3O/c16-7-10-17-8-4-9-18(12-11-17)13-14-19-15-5-2-1-3-6-15/h1-3,5-6H,4,7-14,16H2. The lowest BCUT2D eigenvalue weighted by Crippen LogP contribution is -2.35. The summed E-state index contributed by atoms with van der Waals surface area (Å²) >= 11 is 0. The van der Waals surface area contributed by atoms with Crippen LogP contribution in [0.15, 0.2) is 30.3 Å². The van der Waals surface area contributed by atoms with Crippen LogP contribution in [0, 0.1) is 0 Å². The van der Waals surface area contributed by atoms with Crippen molar-refractivity contribution in [2.45, 2.75) is 6.42 Å². The van der Waals surface area contributed by atoms with Crippen LogP contribution >= 0.6 is 0 Å². The minimum atomic E-state index is 0.761. The summed E-state index contributed by atoms with van der Waals surface area (Å²) < 4.78 is 5.75. The van der Waals surface area contributed by atoms with Gasteiger partial charge in [-0.05, 0) is 31.6 Å². The van der Waals surface area contributed by atoms with Crippen LogP contribution in [0.2, 0.25) is 0 Å². The van der Waals surface area contributed by atoms with E-state index in [9.17, 15) is 0 Å². The van der Waals surface area contributed by atoms with Crippen molar-refractivity contribution < 1.29 is 4.74 Å². The van der Waals surface area contributed by atoms with Crippen molar-refractivity contribution in [2.75, 3.05) is 52.4 Å². The molecule has 0 bridgehead atoms. The Balaban J connectivity index is 1.66. The Morgan fingerprint density at radius 1 is 0.947 bits per heavy atom. The van der Waals surface area contributed by atoms with Crippen LogP contribution in [-0.4, -0.2) is 62.2 Å². The monoisotopic (exact) mass is 263 g/mol. The Kier molecular flexibility index (Phi) is 6.14. The van der Waals surface area contributed by atoms with Gasteiger partial charge in [0.05, 0.1) is 0 Å². The van der Waals surface area contributed by atoms with E-state index < -0.39 is 0 Å².